The van der Waals surface area contributed by atoms with Gasteiger partial charge in [-0.2, -0.15) is 0 Å². The lowest BCUT2D eigenvalue weighted by Crippen LogP contribution is -2.23. The fourth-order valence-corrected chi connectivity index (χ4v) is 2.46. The molecule has 0 amide bonds. The Labute approximate surface area is 127 Å². The first kappa shape index (κ1) is 15.5. The lowest BCUT2D eigenvalue weighted by atomic mass is 9.96. The average molecular weight is 284 g/mol. The van der Waals surface area contributed by atoms with Crippen LogP contribution in [-0.4, -0.2) is 17.6 Å². The molecule has 2 aromatic rings. The maximum absolute atomic E-state index is 5.81. The van der Waals surface area contributed by atoms with Crippen LogP contribution in [0.1, 0.15) is 43.5 Å². The maximum atomic E-state index is 5.81. The molecule has 112 valence electrons. The first-order valence-electron chi connectivity index (χ1n) is 7.52. The van der Waals surface area contributed by atoms with E-state index in [4.69, 9.17) is 4.74 Å². The Morgan fingerprint density at radius 1 is 1.24 bits per heavy atom. The Kier molecular flexibility index (Phi) is 5.34. The van der Waals surface area contributed by atoms with Crippen molar-refractivity contribution >= 4 is 0 Å². The quantitative estimate of drug-likeness (QED) is 0.874. The molecule has 0 spiro atoms. The normalized spacial score (nSPS) is 12.4. The van der Waals surface area contributed by atoms with Crippen molar-refractivity contribution in [1.82, 2.24) is 10.3 Å². The van der Waals surface area contributed by atoms with Crippen LogP contribution >= 0.6 is 0 Å². The Balaban J connectivity index is 2.36. The summed E-state index contributed by atoms with van der Waals surface area (Å²) in [6, 6.07) is 10.6. The summed E-state index contributed by atoms with van der Waals surface area (Å²) in [5.74, 6) is 0.914. The van der Waals surface area contributed by atoms with Gasteiger partial charge < -0.3 is 10.1 Å². The minimum absolute atomic E-state index is 0.161. The number of aromatic nitrogens is 1. The number of aryl methyl sites for hydroxylation is 1. The number of ether oxygens (including phenoxy) is 1. The monoisotopic (exact) mass is 284 g/mol. The average Bonchev–Trinajstić information content (AvgIpc) is 2.45. The summed E-state index contributed by atoms with van der Waals surface area (Å²) in [6.45, 7) is 9.21. The number of nitrogens with zero attached hydrogens (tertiary/aromatic N) is 1. The third-order valence-electron chi connectivity index (χ3n) is 3.35. The smallest absolute Gasteiger partial charge is 0.120 e. The van der Waals surface area contributed by atoms with Crippen molar-refractivity contribution < 1.29 is 4.74 Å². The highest BCUT2D eigenvalue weighted by Crippen LogP contribution is 2.27. The van der Waals surface area contributed by atoms with Gasteiger partial charge in [-0.3, -0.25) is 4.98 Å². The fraction of sp³-hybridized carbons (Fsp3) is 0.389. The molecular weight excluding hydrogens is 260 g/mol. The van der Waals surface area contributed by atoms with Gasteiger partial charge in [0.1, 0.15) is 5.75 Å². The van der Waals surface area contributed by atoms with Gasteiger partial charge in [0, 0.05) is 12.4 Å². The van der Waals surface area contributed by atoms with E-state index >= 15 is 0 Å². The first-order chi connectivity index (χ1) is 10.1. The van der Waals surface area contributed by atoms with Crippen LogP contribution in [0.25, 0.3) is 0 Å². The van der Waals surface area contributed by atoms with E-state index < -0.39 is 0 Å². The zero-order valence-corrected chi connectivity index (χ0v) is 13.3. The van der Waals surface area contributed by atoms with Crippen molar-refractivity contribution in [2.45, 2.75) is 39.8 Å². The summed E-state index contributed by atoms with van der Waals surface area (Å²) in [7, 11) is 0. The van der Waals surface area contributed by atoms with Crippen LogP contribution in [0.3, 0.4) is 0 Å². The molecule has 1 heterocycles. The Bertz CT molecular complexity index is 581. The second-order valence-electron chi connectivity index (χ2n) is 5.46. The Morgan fingerprint density at radius 2 is 2.05 bits per heavy atom. The number of hydrogen-bond donors (Lipinski definition) is 1. The molecule has 3 heteroatoms. The van der Waals surface area contributed by atoms with Crippen molar-refractivity contribution in [1.29, 1.82) is 0 Å². The van der Waals surface area contributed by atoms with Crippen molar-refractivity contribution in [3.8, 4) is 5.75 Å². The van der Waals surface area contributed by atoms with Crippen LogP contribution in [0, 0.1) is 6.92 Å². The summed E-state index contributed by atoms with van der Waals surface area (Å²) in [5.41, 5.74) is 3.66. The molecule has 21 heavy (non-hydrogen) atoms. The summed E-state index contributed by atoms with van der Waals surface area (Å²) in [6.07, 6.45) is 3.94. The standard InChI is InChI=1S/C18H24N2O/c1-5-20-18(17-9-10-19-12-14(17)4)15-7-6-8-16(11-15)21-13(2)3/h6-13,18,20H,5H2,1-4H3. The van der Waals surface area contributed by atoms with Crippen molar-refractivity contribution in [2.75, 3.05) is 6.54 Å². The van der Waals surface area contributed by atoms with Gasteiger partial charge in [-0.25, -0.2) is 0 Å². The second kappa shape index (κ2) is 7.23. The molecule has 1 aromatic heterocycles. The van der Waals surface area contributed by atoms with E-state index in [2.05, 4.69) is 42.3 Å². The largest absolute Gasteiger partial charge is 0.491 e. The molecule has 0 aliphatic rings. The lowest BCUT2D eigenvalue weighted by Gasteiger charge is -2.21. The third kappa shape index (κ3) is 4.05. The van der Waals surface area contributed by atoms with Crippen LogP contribution < -0.4 is 10.1 Å². The van der Waals surface area contributed by atoms with Gasteiger partial charge >= 0.3 is 0 Å². The Hall–Kier alpha value is -1.87. The van der Waals surface area contributed by atoms with E-state index in [9.17, 15) is 0 Å². The first-order valence-corrected chi connectivity index (χ1v) is 7.52. The van der Waals surface area contributed by atoms with Gasteiger partial charge in [0.15, 0.2) is 0 Å². The zero-order valence-electron chi connectivity index (χ0n) is 13.3. The van der Waals surface area contributed by atoms with Crippen LogP contribution in [0.4, 0.5) is 0 Å². The molecule has 0 aliphatic heterocycles. The van der Waals surface area contributed by atoms with Crippen molar-refractivity contribution in [3.05, 3.63) is 59.4 Å². The summed E-state index contributed by atoms with van der Waals surface area (Å²) in [5, 5.41) is 3.55. The van der Waals surface area contributed by atoms with E-state index in [0.29, 0.717) is 0 Å². The minimum atomic E-state index is 0.161. The third-order valence-corrected chi connectivity index (χ3v) is 3.35. The zero-order chi connectivity index (χ0) is 15.2. The molecule has 0 fully saturated rings. The Morgan fingerprint density at radius 3 is 2.71 bits per heavy atom. The molecule has 3 nitrogen and oxygen atoms in total. The molecular formula is C18H24N2O. The summed E-state index contributed by atoms with van der Waals surface area (Å²) in [4.78, 5) is 4.19. The van der Waals surface area contributed by atoms with Gasteiger partial charge in [-0.1, -0.05) is 19.1 Å². The van der Waals surface area contributed by atoms with Gasteiger partial charge in [-0.05, 0) is 62.2 Å². The van der Waals surface area contributed by atoms with E-state index in [1.807, 2.05) is 38.4 Å². The van der Waals surface area contributed by atoms with E-state index in [1.165, 1.54) is 16.7 Å². The topological polar surface area (TPSA) is 34.1 Å². The molecule has 0 bridgehead atoms. The van der Waals surface area contributed by atoms with Crippen LogP contribution in [0.5, 0.6) is 5.75 Å². The number of pyridine rings is 1. The van der Waals surface area contributed by atoms with E-state index in [1.54, 1.807) is 0 Å². The number of hydrogen-bond acceptors (Lipinski definition) is 3. The van der Waals surface area contributed by atoms with Gasteiger partial charge in [0.2, 0.25) is 0 Å². The van der Waals surface area contributed by atoms with E-state index in [-0.39, 0.29) is 12.1 Å². The molecule has 1 N–H and O–H groups in total. The predicted molar refractivity (Wildman–Crippen MR) is 86.7 cm³/mol. The lowest BCUT2D eigenvalue weighted by molar-refractivity contribution is 0.242. The van der Waals surface area contributed by atoms with Crippen molar-refractivity contribution in [3.63, 3.8) is 0 Å². The molecule has 0 aliphatic carbocycles. The SMILES string of the molecule is CCNC(c1cccc(OC(C)C)c1)c1ccncc1C. The molecule has 2 rings (SSSR count). The highest BCUT2D eigenvalue weighted by atomic mass is 16.5. The van der Waals surface area contributed by atoms with Gasteiger partial charge in [-0.15, -0.1) is 0 Å². The maximum Gasteiger partial charge on any atom is 0.120 e. The van der Waals surface area contributed by atoms with Crippen LogP contribution in [0.2, 0.25) is 0 Å². The van der Waals surface area contributed by atoms with Crippen LogP contribution in [0.15, 0.2) is 42.7 Å². The minimum Gasteiger partial charge on any atom is -0.491 e. The van der Waals surface area contributed by atoms with Crippen LogP contribution in [-0.2, 0) is 0 Å². The highest BCUT2D eigenvalue weighted by Gasteiger charge is 2.15. The number of rotatable bonds is 6. The molecule has 0 saturated heterocycles. The van der Waals surface area contributed by atoms with Gasteiger partial charge in [0.25, 0.3) is 0 Å². The highest BCUT2D eigenvalue weighted by molar-refractivity contribution is 5.38. The summed E-state index contributed by atoms with van der Waals surface area (Å²) >= 11 is 0. The molecule has 0 radical (unpaired) electrons. The van der Waals surface area contributed by atoms with Gasteiger partial charge in [0.05, 0.1) is 12.1 Å². The molecule has 1 unspecified atom stereocenters. The van der Waals surface area contributed by atoms with E-state index in [0.717, 1.165) is 12.3 Å². The molecule has 1 aromatic carbocycles. The number of benzene rings is 1. The molecule has 1 atom stereocenters. The fourth-order valence-electron chi connectivity index (χ4n) is 2.46. The summed E-state index contributed by atoms with van der Waals surface area (Å²) < 4.78 is 5.81. The molecule has 0 saturated carbocycles. The number of nitrogens with one attached hydrogen (secondary N) is 1. The second-order valence-corrected chi connectivity index (χ2v) is 5.46. The predicted octanol–water partition coefficient (Wildman–Crippen LogP) is 3.88. The van der Waals surface area contributed by atoms with Crippen molar-refractivity contribution in [2.24, 2.45) is 0 Å².